The van der Waals surface area contributed by atoms with E-state index in [9.17, 15) is 22.4 Å². The van der Waals surface area contributed by atoms with E-state index in [-0.39, 0.29) is 21.9 Å². The van der Waals surface area contributed by atoms with Crippen LogP contribution in [0.15, 0.2) is 47.4 Å². The molecular weight excluding hydrogens is 351 g/mol. The van der Waals surface area contributed by atoms with Crippen molar-refractivity contribution in [2.75, 3.05) is 19.0 Å². The lowest BCUT2D eigenvalue weighted by atomic mass is 10.2. The minimum atomic E-state index is -4.07. The molecule has 0 aromatic heterocycles. The van der Waals surface area contributed by atoms with Crippen LogP contribution in [0.1, 0.15) is 10.4 Å². The van der Waals surface area contributed by atoms with Gasteiger partial charge in [0.15, 0.2) is 11.6 Å². The summed E-state index contributed by atoms with van der Waals surface area (Å²) in [6, 6.07) is 9.47. The number of rotatable bonds is 4. The van der Waals surface area contributed by atoms with Crippen LogP contribution in [0, 0.1) is 5.82 Å². The zero-order chi connectivity index (χ0) is 18.2. The average Bonchev–Trinajstić information content (AvgIpc) is 2.76. The molecule has 2 aromatic rings. The quantitative estimate of drug-likeness (QED) is 0.890. The van der Waals surface area contributed by atoms with Crippen LogP contribution < -0.4 is 10.1 Å². The maximum atomic E-state index is 13.6. The first-order chi connectivity index (χ1) is 11.8. The maximum Gasteiger partial charge on any atom is 0.269 e. The Labute approximate surface area is 143 Å². The smallest absolute Gasteiger partial charge is 0.269 e. The van der Waals surface area contributed by atoms with E-state index in [0.717, 1.165) is 6.07 Å². The van der Waals surface area contributed by atoms with Gasteiger partial charge in [-0.3, -0.25) is 9.59 Å². The Morgan fingerprint density at radius 3 is 2.60 bits per heavy atom. The van der Waals surface area contributed by atoms with Crippen molar-refractivity contribution in [2.24, 2.45) is 0 Å². The van der Waals surface area contributed by atoms with Crippen LogP contribution in [0.5, 0.6) is 5.75 Å². The van der Waals surface area contributed by atoms with Crippen LogP contribution in [0.4, 0.5) is 10.1 Å². The molecule has 1 aliphatic rings. The largest absolute Gasteiger partial charge is 0.494 e. The molecule has 7 nitrogen and oxygen atoms in total. The summed E-state index contributed by atoms with van der Waals surface area (Å²) in [5, 5.41) is 2.35. The van der Waals surface area contributed by atoms with E-state index in [4.69, 9.17) is 4.74 Å². The Morgan fingerprint density at radius 2 is 1.96 bits per heavy atom. The van der Waals surface area contributed by atoms with Gasteiger partial charge >= 0.3 is 0 Å². The van der Waals surface area contributed by atoms with Crippen molar-refractivity contribution in [3.8, 4) is 5.75 Å². The number of benzene rings is 2. The van der Waals surface area contributed by atoms with Crippen LogP contribution >= 0.6 is 0 Å². The third-order valence-electron chi connectivity index (χ3n) is 3.63. The average molecular weight is 364 g/mol. The van der Waals surface area contributed by atoms with Crippen molar-refractivity contribution in [1.82, 2.24) is 4.31 Å². The molecule has 0 bridgehead atoms. The Hall–Kier alpha value is -2.94. The molecule has 0 saturated heterocycles. The van der Waals surface area contributed by atoms with E-state index >= 15 is 0 Å². The lowest BCUT2D eigenvalue weighted by molar-refractivity contribution is -0.116. The summed E-state index contributed by atoms with van der Waals surface area (Å²) in [4.78, 5) is 24.2. The van der Waals surface area contributed by atoms with Crippen LogP contribution in [0.25, 0.3) is 0 Å². The van der Waals surface area contributed by atoms with Gasteiger partial charge < -0.3 is 10.1 Å². The highest BCUT2D eigenvalue weighted by molar-refractivity contribution is 7.90. The number of carbonyl (C=O) groups is 2. The van der Waals surface area contributed by atoms with Gasteiger partial charge in [0, 0.05) is 11.8 Å². The van der Waals surface area contributed by atoms with Gasteiger partial charge in [-0.15, -0.1) is 0 Å². The van der Waals surface area contributed by atoms with Gasteiger partial charge in [-0.2, -0.15) is 0 Å². The van der Waals surface area contributed by atoms with Crippen LogP contribution in [0.3, 0.4) is 0 Å². The number of hydrogen-bond acceptors (Lipinski definition) is 5. The second-order valence-corrected chi connectivity index (χ2v) is 7.04. The van der Waals surface area contributed by atoms with Gasteiger partial charge in [-0.25, -0.2) is 17.1 Å². The number of nitrogens with zero attached hydrogens (tertiary/aromatic N) is 1. The molecule has 1 aliphatic heterocycles. The van der Waals surface area contributed by atoms with Gasteiger partial charge in [-0.05, 0) is 24.3 Å². The summed E-state index contributed by atoms with van der Waals surface area (Å²) >= 11 is 0. The Bertz CT molecular complexity index is 974. The van der Waals surface area contributed by atoms with Crippen molar-refractivity contribution in [3.05, 3.63) is 53.8 Å². The fourth-order valence-corrected chi connectivity index (χ4v) is 3.99. The molecular formula is C16H13FN2O5S. The first kappa shape index (κ1) is 16.9. The van der Waals surface area contributed by atoms with Gasteiger partial charge in [-0.1, -0.05) is 12.1 Å². The molecule has 0 atom stereocenters. The van der Waals surface area contributed by atoms with Crippen LogP contribution in [0.2, 0.25) is 0 Å². The summed E-state index contributed by atoms with van der Waals surface area (Å²) < 4.78 is 43.6. The van der Waals surface area contributed by atoms with Crippen molar-refractivity contribution in [2.45, 2.75) is 4.90 Å². The number of halogens is 1. The normalized spacial score (nSPS) is 15.0. The zero-order valence-corrected chi connectivity index (χ0v) is 13.8. The number of methoxy groups -OCH3 is 1. The first-order valence-electron chi connectivity index (χ1n) is 7.14. The number of carbonyl (C=O) groups excluding carboxylic acids is 2. The number of amides is 2. The number of fused-ring (bicyclic) bond motifs is 1. The molecule has 0 saturated carbocycles. The van der Waals surface area contributed by atoms with Crippen molar-refractivity contribution >= 4 is 27.5 Å². The fraction of sp³-hybridized carbons (Fsp3) is 0.125. The van der Waals surface area contributed by atoms with Crippen LogP contribution in [-0.2, 0) is 14.8 Å². The predicted octanol–water partition coefficient (Wildman–Crippen LogP) is 1.62. The van der Waals surface area contributed by atoms with E-state index in [1.54, 1.807) is 0 Å². The van der Waals surface area contributed by atoms with E-state index in [1.165, 1.54) is 43.5 Å². The minimum Gasteiger partial charge on any atom is -0.494 e. The lowest BCUT2D eigenvalue weighted by Gasteiger charge is -2.15. The molecule has 3 rings (SSSR count). The second kappa shape index (κ2) is 6.17. The summed E-state index contributed by atoms with van der Waals surface area (Å²) in [5.41, 5.74) is 0.135. The summed E-state index contributed by atoms with van der Waals surface area (Å²) in [5.74, 6) is -2.22. The number of ether oxygens (including phenoxy) is 1. The summed E-state index contributed by atoms with van der Waals surface area (Å²) in [6.45, 7) is -0.705. The number of hydrogen-bond donors (Lipinski definition) is 1. The van der Waals surface area contributed by atoms with Crippen LogP contribution in [-0.4, -0.2) is 38.2 Å². The van der Waals surface area contributed by atoms with E-state index in [0.29, 0.717) is 4.31 Å². The molecule has 9 heteroatoms. The Balaban J connectivity index is 1.78. The molecule has 0 spiro atoms. The molecule has 25 heavy (non-hydrogen) atoms. The lowest BCUT2D eigenvalue weighted by Crippen LogP contribution is -2.37. The first-order valence-corrected chi connectivity index (χ1v) is 8.58. The fourth-order valence-electron chi connectivity index (χ4n) is 2.46. The summed E-state index contributed by atoms with van der Waals surface area (Å²) in [6.07, 6.45) is 0. The SMILES string of the molecule is COc1ccc(NC(=O)CN2C(=O)c3ccccc3S2(=O)=O)cc1F. The van der Waals surface area contributed by atoms with Crippen molar-refractivity contribution in [1.29, 1.82) is 0 Å². The highest BCUT2D eigenvalue weighted by Crippen LogP contribution is 2.29. The molecule has 1 N–H and O–H groups in total. The van der Waals surface area contributed by atoms with Gasteiger partial charge in [0.1, 0.15) is 11.4 Å². The number of anilines is 1. The Morgan fingerprint density at radius 1 is 1.24 bits per heavy atom. The van der Waals surface area contributed by atoms with Crippen molar-refractivity contribution < 1.29 is 27.1 Å². The number of nitrogens with one attached hydrogen (secondary N) is 1. The molecule has 0 aliphatic carbocycles. The van der Waals surface area contributed by atoms with Crippen molar-refractivity contribution in [3.63, 3.8) is 0 Å². The third kappa shape index (κ3) is 2.93. The standard InChI is InChI=1S/C16H13FN2O5S/c1-24-13-7-6-10(8-12(13)17)18-15(20)9-19-16(21)11-4-2-3-5-14(11)25(19,22)23/h2-8H,9H2,1H3,(H,18,20). The molecule has 130 valence electrons. The summed E-state index contributed by atoms with van der Waals surface area (Å²) in [7, 11) is -2.77. The molecule has 0 fully saturated rings. The van der Waals surface area contributed by atoms with Gasteiger partial charge in [0.2, 0.25) is 5.91 Å². The molecule has 1 heterocycles. The molecule has 2 amide bonds. The monoisotopic (exact) mass is 364 g/mol. The highest BCUT2D eigenvalue weighted by Gasteiger charge is 2.41. The molecule has 2 aromatic carbocycles. The van der Waals surface area contributed by atoms with Gasteiger partial charge in [0.05, 0.1) is 12.7 Å². The maximum absolute atomic E-state index is 13.6. The number of sulfonamides is 1. The van der Waals surface area contributed by atoms with E-state index in [2.05, 4.69) is 5.32 Å². The minimum absolute atomic E-state index is 0.00532. The van der Waals surface area contributed by atoms with E-state index in [1.807, 2.05) is 0 Å². The zero-order valence-electron chi connectivity index (χ0n) is 13.0. The van der Waals surface area contributed by atoms with Gasteiger partial charge in [0.25, 0.3) is 15.9 Å². The topological polar surface area (TPSA) is 92.8 Å². The molecule has 0 unspecified atom stereocenters. The molecule has 0 radical (unpaired) electrons. The highest BCUT2D eigenvalue weighted by atomic mass is 32.2. The third-order valence-corrected chi connectivity index (χ3v) is 5.42. The predicted molar refractivity (Wildman–Crippen MR) is 86.2 cm³/mol. The Kier molecular flexibility index (Phi) is 4.17. The van der Waals surface area contributed by atoms with E-state index < -0.39 is 34.2 Å². The second-order valence-electron chi connectivity index (χ2n) is 5.21.